The molecule has 2 aromatic rings. The van der Waals surface area contributed by atoms with Gasteiger partial charge in [0, 0.05) is 16.7 Å². The molecule has 0 spiro atoms. The van der Waals surface area contributed by atoms with Gasteiger partial charge in [-0.2, -0.15) is 0 Å². The highest BCUT2D eigenvalue weighted by Gasteiger charge is 2.34. The molecule has 1 fully saturated rings. The number of urea groups is 1. The summed E-state index contributed by atoms with van der Waals surface area (Å²) in [6.07, 6.45) is 1.53. The number of methoxy groups -OCH3 is 2. The van der Waals surface area contributed by atoms with E-state index in [1.807, 2.05) is 6.92 Å². The van der Waals surface area contributed by atoms with E-state index in [0.717, 1.165) is 10.5 Å². The second kappa shape index (κ2) is 7.49. The van der Waals surface area contributed by atoms with Gasteiger partial charge >= 0.3 is 6.03 Å². The number of ether oxygens (including phenoxy) is 2. The van der Waals surface area contributed by atoms with Gasteiger partial charge in [0.15, 0.2) is 0 Å². The third kappa shape index (κ3) is 3.48. The van der Waals surface area contributed by atoms with Crippen LogP contribution in [0.25, 0.3) is 6.08 Å². The molecule has 1 N–H and O–H groups in total. The minimum absolute atomic E-state index is 0.0965. The molecular weight excluding hydrogens is 351 g/mol. The van der Waals surface area contributed by atoms with Gasteiger partial charge in [-0.1, -0.05) is 18.2 Å². The highest BCUT2D eigenvalue weighted by atomic mass is 19.1. The monoisotopic (exact) mass is 370 g/mol. The number of hydrogen-bond acceptors (Lipinski definition) is 4. The molecule has 2 aromatic carbocycles. The van der Waals surface area contributed by atoms with E-state index in [0.29, 0.717) is 17.1 Å². The molecule has 0 atom stereocenters. The first-order chi connectivity index (χ1) is 13.0. The summed E-state index contributed by atoms with van der Waals surface area (Å²) < 4.78 is 24.5. The number of halogens is 1. The van der Waals surface area contributed by atoms with Crippen LogP contribution in [0.15, 0.2) is 42.1 Å². The van der Waals surface area contributed by atoms with Crippen LogP contribution in [-0.2, 0) is 11.3 Å². The lowest BCUT2D eigenvalue weighted by atomic mass is 10.1. The lowest BCUT2D eigenvalue weighted by Gasteiger charge is -2.13. The summed E-state index contributed by atoms with van der Waals surface area (Å²) in [6, 6.07) is 8.91. The van der Waals surface area contributed by atoms with Gasteiger partial charge in [0.2, 0.25) is 0 Å². The Morgan fingerprint density at radius 3 is 2.52 bits per heavy atom. The van der Waals surface area contributed by atoms with Gasteiger partial charge in [-0.25, -0.2) is 9.18 Å². The van der Waals surface area contributed by atoms with E-state index in [-0.39, 0.29) is 17.8 Å². The summed E-state index contributed by atoms with van der Waals surface area (Å²) in [5.41, 5.74) is 1.75. The molecule has 0 unspecified atom stereocenters. The Bertz CT molecular complexity index is 940. The first-order valence-corrected chi connectivity index (χ1v) is 8.25. The van der Waals surface area contributed by atoms with Crippen LogP contribution in [0.1, 0.15) is 16.7 Å². The van der Waals surface area contributed by atoms with E-state index in [4.69, 9.17) is 9.47 Å². The van der Waals surface area contributed by atoms with Crippen molar-refractivity contribution in [3.8, 4) is 11.5 Å². The number of hydrogen-bond donors (Lipinski definition) is 1. The summed E-state index contributed by atoms with van der Waals surface area (Å²) in [4.78, 5) is 25.8. The molecule has 3 rings (SSSR count). The molecule has 1 aliphatic rings. The Morgan fingerprint density at radius 1 is 1.11 bits per heavy atom. The van der Waals surface area contributed by atoms with Crippen LogP contribution < -0.4 is 14.8 Å². The van der Waals surface area contributed by atoms with Crippen molar-refractivity contribution in [2.75, 3.05) is 14.2 Å². The number of rotatable bonds is 5. The summed E-state index contributed by atoms with van der Waals surface area (Å²) in [7, 11) is 3.07. The van der Waals surface area contributed by atoms with Crippen LogP contribution in [0.3, 0.4) is 0 Å². The zero-order valence-corrected chi connectivity index (χ0v) is 15.2. The van der Waals surface area contributed by atoms with E-state index in [1.165, 1.54) is 25.3 Å². The predicted octanol–water partition coefficient (Wildman–Crippen LogP) is 3.24. The fraction of sp³-hybridized carbons (Fsp3) is 0.200. The summed E-state index contributed by atoms with van der Waals surface area (Å²) in [6.45, 7) is 1.69. The maximum absolute atomic E-state index is 13.8. The van der Waals surface area contributed by atoms with Crippen LogP contribution >= 0.6 is 0 Å². The number of imide groups is 1. The van der Waals surface area contributed by atoms with Crippen LogP contribution in [0.5, 0.6) is 11.5 Å². The van der Waals surface area contributed by atoms with E-state index in [2.05, 4.69) is 5.32 Å². The molecule has 1 aliphatic heterocycles. The molecule has 0 radical (unpaired) electrons. The summed E-state index contributed by atoms with van der Waals surface area (Å²) in [5, 5.41) is 2.53. The van der Waals surface area contributed by atoms with Crippen molar-refractivity contribution in [1.29, 1.82) is 0 Å². The molecule has 0 aromatic heterocycles. The van der Waals surface area contributed by atoms with Gasteiger partial charge in [-0.05, 0) is 31.2 Å². The molecule has 1 saturated heterocycles. The number of amides is 3. The largest absolute Gasteiger partial charge is 0.496 e. The lowest BCUT2D eigenvalue weighted by molar-refractivity contribution is -0.123. The van der Waals surface area contributed by atoms with E-state index in [9.17, 15) is 14.0 Å². The number of nitrogens with zero attached hydrogens (tertiary/aromatic N) is 1. The molecule has 7 heteroatoms. The Morgan fingerprint density at radius 2 is 1.85 bits per heavy atom. The number of benzene rings is 2. The van der Waals surface area contributed by atoms with Crippen molar-refractivity contribution in [3.63, 3.8) is 0 Å². The highest BCUT2D eigenvalue weighted by Crippen LogP contribution is 2.33. The summed E-state index contributed by atoms with van der Waals surface area (Å²) >= 11 is 0. The minimum Gasteiger partial charge on any atom is -0.496 e. The molecule has 3 amide bonds. The Hall–Kier alpha value is -3.35. The zero-order chi connectivity index (χ0) is 19.6. The van der Waals surface area contributed by atoms with Crippen molar-refractivity contribution in [2.24, 2.45) is 0 Å². The Kier molecular flexibility index (Phi) is 5.12. The van der Waals surface area contributed by atoms with Gasteiger partial charge in [0.25, 0.3) is 5.91 Å². The Labute approximate surface area is 156 Å². The average molecular weight is 370 g/mol. The van der Waals surface area contributed by atoms with Crippen LogP contribution in [-0.4, -0.2) is 31.1 Å². The van der Waals surface area contributed by atoms with Crippen molar-refractivity contribution < 1.29 is 23.5 Å². The average Bonchev–Trinajstić information content (AvgIpc) is 2.91. The number of nitrogens with one attached hydrogen (secondary N) is 1. The van der Waals surface area contributed by atoms with Crippen molar-refractivity contribution in [1.82, 2.24) is 10.2 Å². The molecule has 0 saturated carbocycles. The SMILES string of the molecule is COc1ccc(/C=C2/NC(=O)N(Cc3ccccc3F)C2=O)c(OC)c1C. The topological polar surface area (TPSA) is 67.9 Å². The van der Waals surface area contributed by atoms with Gasteiger partial charge in [-0.3, -0.25) is 9.69 Å². The van der Waals surface area contributed by atoms with Crippen LogP contribution in [0, 0.1) is 12.7 Å². The minimum atomic E-state index is -0.598. The first-order valence-electron chi connectivity index (χ1n) is 8.25. The molecule has 140 valence electrons. The molecule has 27 heavy (non-hydrogen) atoms. The summed E-state index contributed by atoms with van der Waals surface area (Å²) in [5.74, 6) is 0.190. The van der Waals surface area contributed by atoms with Crippen molar-refractivity contribution in [3.05, 3.63) is 64.6 Å². The Balaban J connectivity index is 1.91. The second-order valence-corrected chi connectivity index (χ2v) is 5.99. The van der Waals surface area contributed by atoms with E-state index < -0.39 is 17.8 Å². The second-order valence-electron chi connectivity index (χ2n) is 5.99. The van der Waals surface area contributed by atoms with Crippen molar-refractivity contribution >= 4 is 18.0 Å². The van der Waals surface area contributed by atoms with E-state index in [1.54, 1.807) is 31.4 Å². The third-order valence-corrected chi connectivity index (χ3v) is 4.36. The lowest BCUT2D eigenvalue weighted by Crippen LogP contribution is -2.30. The third-order valence-electron chi connectivity index (χ3n) is 4.36. The molecule has 0 bridgehead atoms. The molecule has 0 aliphatic carbocycles. The smallest absolute Gasteiger partial charge is 0.329 e. The standard InChI is InChI=1S/C20H19FN2O4/c1-12-17(26-2)9-8-13(18(12)27-3)10-16-19(24)23(20(25)22-16)11-14-6-4-5-7-15(14)21/h4-10H,11H2,1-3H3,(H,22,25)/b16-10+. The maximum Gasteiger partial charge on any atom is 0.329 e. The number of carbonyl (C=O) groups is 2. The van der Waals surface area contributed by atoms with Gasteiger partial charge in [0.05, 0.1) is 20.8 Å². The normalized spacial score (nSPS) is 15.3. The van der Waals surface area contributed by atoms with Gasteiger partial charge in [0.1, 0.15) is 23.0 Å². The van der Waals surface area contributed by atoms with Crippen LogP contribution in [0.4, 0.5) is 9.18 Å². The zero-order valence-electron chi connectivity index (χ0n) is 15.2. The highest BCUT2D eigenvalue weighted by molar-refractivity contribution is 6.14. The predicted molar refractivity (Wildman–Crippen MR) is 97.7 cm³/mol. The quantitative estimate of drug-likeness (QED) is 0.648. The first kappa shape index (κ1) is 18.4. The maximum atomic E-state index is 13.8. The molecule has 1 heterocycles. The van der Waals surface area contributed by atoms with Crippen molar-refractivity contribution in [2.45, 2.75) is 13.5 Å². The van der Waals surface area contributed by atoms with Gasteiger partial charge in [-0.15, -0.1) is 0 Å². The number of carbonyl (C=O) groups excluding carboxylic acids is 2. The molecular formula is C20H19FN2O4. The molecule has 6 nitrogen and oxygen atoms in total. The fourth-order valence-electron chi connectivity index (χ4n) is 2.97. The van der Waals surface area contributed by atoms with E-state index >= 15 is 0 Å². The van der Waals surface area contributed by atoms with Crippen LogP contribution in [0.2, 0.25) is 0 Å². The van der Waals surface area contributed by atoms with Gasteiger partial charge < -0.3 is 14.8 Å². The fourth-order valence-corrected chi connectivity index (χ4v) is 2.97.